The molecule has 0 aliphatic carbocycles. The topological polar surface area (TPSA) is 88.6 Å². The van der Waals surface area contributed by atoms with Crippen LogP contribution >= 0.6 is 0 Å². The van der Waals surface area contributed by atoms with E-state index in [1.54, 1.807) is 10.8 Å². The fraction of sp³-hybridized carbons (Fsp3) is 0.412. The lowest BCUT2D eigenvalue weighted by atomic mass is 10.2. The molecule has 0 radical (unpaired) electrons. The molecule has 130 valence electrons. The Kier molecular flexibility index (Phi) is 4.32. The number of rotatable bonds is 6. The predicted molar refractivity (Wildman–Crippen MR) is 91.0 cm³/mol. The van der Waals surface area contributed by atoms with Crippen molar-refractivity contribution in [3.63, 3.8) is 0 Å². The number of nitrogens with one attached hydrogen (secondary N) is 1. The molecule has 1 saturated heterocycles. The normalized spacial score (nSPS) is 14.3. The molecule has 0 spiro atoms. The van der Waals surface area contributed by atoms with Crippen molar-refractivity contribution in [1.29, 1.82) is 0 Å². The molecule has 1 N–H and O–H groups in total. The molecule has 1 amide bonds. The molecule has 4 rings (SSSR count). The maximum absolute atomic E-state index is 12.2. The molecule has 25 heavy (non-hydrogen) atoms. The molecule has 1 aliphatic rings. The van der Waals surface area contributed by atoms with Gasteiger partial charge in [-0.25, -0.2) is 0 Å². The Morgan fingerprint density at radius 1 is 1.20 bits per heavy atom. The van der Waals surface area contributed by atoms with E-state index in [-0.39, 0.29) is 5.91 Å². The molecule has 1 aliphatic heterocycles. The minimum atomic E-state index is 0.182. The van der Waals surface area contributed by atoms with Crippen LogP contribution in [0, 0.1) is 0 Å². The van der Waals surface area contributed by atoms with Crippen molar-refractivity contribution >= 4 is 17.4 Å². The Balaban J connectivity index is 1.43. The molecular weight excluding hydrogens is 320 g/mol. The van der Waals surface area contributed by atoms with Crippen molar-refractivity contribution in [3.8, 4) is 0 Å². The SMILES string of the molecule is O=C(CCc1nnc2ccc(NCc3ccco3)nn12)N1CCCC1. The first-order chi connectivity index (χ1) is 12.3. The molecule has 3 aromatic heterocycles. The van der Waals surface area contributed by atoms with Crippen LogP contribution in [-0.4, -0.2) is 43.7 Å². The predicted octanol–water partition coefficient (Wildman–Crippen LogP) is 1.88. The molecule has 4 heterocycles. The third kappa shape index (κ3) is 3.47. The van der Waals surface area contributed by atoms with E-state index >= 15 is 0 Å². The number of carbonyl (C=O) groups excluding carboxylic acids is 1. The lowest BCUT2D eigenvalue weighted by molar-refractivity contribution is -0.130. The average Bonchev–Trinajstić information content (AvgIpc) is 3.39. The monoisotopic (exact) mass is 340 g/mol. The number of amides is 1. The van der Waals surface area contributed by atoms with Crippen LogP contribution in [0.4, 0.5) is 5.82 Å². The number of hydrogen-bond donors (Lipinski definition) is 1. The van der Waals surface area contributed by atoms with Crippen molar-refractivity contribution in [2.45, 2.75) is 32.2 Å². The number of anilines is 1. The molecular formula is C17H20N6O2. The second kappa shape index (κ2) is 6.92. The standard InChI is InChI=1S/C17H20N6O2/c24-17(22-9-1-2-10-22)8-7-16-20-19-15-6-5-14(21-23(15)16)18-12-13-4-3-11-25-13/h3-6,11H,1-2,7-10,12H2,(H,18,21). The fourth-order valence-corrected chi connectivity index (χ4v) is 3.02. The highest BCUT2D eigenvalue weighted by molar-refractivity contribution is 5.76. The van der Waals surface area contributed by atoms with Crippen molar-refractivity contribution in [2.24, 2.45) is 0 Å². The summed E-state index contributed by atoms with van der Waals surface area (Å²) in [4.78, 5) is 14.1. The van der Waals surface area contributed by atoms with E-state index in [1.807, 2.05) is 29.2 Å². The number of hydrogen-bond acceptors (Lipinski definition) is 6. The quantitative estimate of drug-likeness (QED) is 0.737. The maximum atomic E-state index is 12.2. The van der Waals surface area contributed by atoms with Crippen LogP contribution in [-0.2, 0) is 17.8 Å². The minimum absolute atomic E-state index is 0.182. The minimum Gasteiger partial charge on any atom is -0.467 e. The molecule has 8 nitrogen and oxygen atoms in total. The van der Waals surface area contributed by atoms with E-state index in [1.165, 1.54) is 0 Å². The van der Waals surface area contributed by atoms with Crippen molar-refractivity contribution < 1.29 is 9.21 Å². The number of aromatic nitrogens is 4. The maximum Gasteiger partial charge on any atom is 0.223 e. The Morgan fingerprint density at radius 3 is 2.88 bits per heavy atom. The molecule has 0 bridgehead atoms. The Hall–Kier alpha value is -2.90. The van der Waals surface area contributed by atoms with Crippen LogP contribution in [0.2, 0.25) is 0 Å². The summed E-state index contributed by atoms with van der Waals surface area (Å²) in [7, 11) is 0. The van der Waals surface area contributed by atoms with Gasteiger partial charge in [-0.3, -0.25) is 4.79 Å². The molecule has 0 saturated carbocycles. The van der Waals surface area contributed by atoms with Gasteiger partial charge in [0.15, 0.2) is 11.5 Å². The van der Waals surface area contributed by atoms with Gasteiger partial charge in [0.2, 0.25) is 5.91 Å². The number of fused-ring (bicyclic) bond motifs is 1. The van der Waals surface area contributed by atoms with Gasteiger partial charge in [0.05, 0.1) is 12.8 Å². The second-order valence-electron chi connectivity index (χ2n) is 6.13. The summed E-state index contributed by atoms with van der Waals surface area (Å²) < 4.78 is 7.00. The van der Waals surface area contributed by atoms with E-state index in [2.05, 4.69) is 20.6 Å². The number of carbonyl (C=O) groups is 1. The zero-order chi connectivity index (χ0) is 17.1. The molecule has 0 aromatic carbocycles. The molecule has 1 fully saturated rings. The van der Waals surface area contributed by atoms with Crippen LogP contribution in [0.15, 0.2) is 34.9 Å². The first kappa shape index (κ1) is 15.6. The third-order valence-electron chi connectivity index (χ3n) is 4.37. The molecule has 8 heteroatoms. The van der Waals surface area contributed by atoms with Crippen LogP contribution in [0.3, 0.4) is 0 Å². The Morgan fingerprint density at radius 2 is 2.08 bits per heavy atom. The van der Waals surface area contributed by atoms with Gasteiger partial charge in [0, 0.05) is 25.9 Å². The van der Waals surface area contributed by atoms with E-state index < -0.39 is 0 Å². The largest absolute Gasteiger partial charge is 0.467 e. The van der Waals surface area contributed by atoms with Gasteiger partial charge in [0.25, 0.3) is 0 Å². The van der Waals surface area contributed by atoms with E-state index in [0.717, 1.165) is 31.7 Å². The smallest absolute Gasteiger partial charge is 0.223 e. The van der Waals surface area contributed by atoms with Gasteiger partial charge < -0.3 is 14.6 Å². The third-order valence-corrected chi connectivity index (χ3v) is 4.37. The van der Waals surface area contributed by atoms with Gasteiger partial charge in [0.1, 0.15) is 11.6 Å². The Bertz CT molecular complexity index is 851. The van der Waals surface area contributed by atoms with Crippen LogP contribution in [0.5, 0.6) is 0 Å². The van der Waals surface area contributed by atoms with Gasteiger partial charge in [-0.1, -0.05) is 0 Å². The Labute approximate surface area is 144 Å². The highest BCUT2D eigenvalue weighted by Crippen LogP contribution is 2.13. The fourth-order valence-electron chi connectivity index (χ4n) is 3.02. The number of nitrogens with zero attached hydrogens (tertiary/aromatic N) is 5. The summed E-state index contributed by atoms with van der Waals surface area (Å²) in [5.74, 6) is 2.42. The van der Waals surface area contributed by atoms with E-state index in [0.29, 0.717) is 36.7 Å². The van der Waals surface area contributed by atoms with E-state index in [4.69, 9.17) is 4.42 Å². The zero-order valence-corrected chi connectivity index (χ0v) is 13.9. The summed E-state index contributed by atoms with van der Waals surface area (Å²) in [6.45, 7) is 2.30. The van der Waals surface area contributed by atoms with Crippen LogP contribution < -0.4 is 5.32 Å². The van der Waals surface area contributed by atoms with E-state index in [9.17, 15) is 4.79 Å². The molecule has 3 aromatic rings. The average molecular weight is 340 g/mol. The van der Waals surface area contributed by atoms with Gasteiger partial charge in [-0.2, -0.15) is 4.52 Å². The van der Waals surface area contributed by atoms with Crippen LogP contribution in [0.1, 0.15) is 30.8 Å². The lowest BCUT2D eigenvalue weighted by Gasteiger charge is -2.14. The van der Waals surface area contributed by atoms with Gasteiger partial charge in [-0.05, 0) is 37.1 Å². The highest BCUT2D eigenvalue weighted by Gasteiger charge is 2.18. The van der Waals surface area contributed by atoms with Crippen molar-refractivity contribution in [3.05, 3.63) is 42.1 Å². The number of aryl methyl sites for hydroxylation is 1. The summed E-state index contributed by atoms with van der Waals surface area (Å²) in [5, 5.41) is 16.0. The highest BCUT2D eigenvalue weighted by atomic mass is 16.3. The zero-order valence-electron chi connectivity index (χ0n) is 13.9. The summed E-state index contributed by atoms with van der Waals surface area (Å²) in [6, 6.07) is 7.46. The van der Waals surface area contributed by atoms with Gasteiger partial charge in [-0.15, -0.1) is 15.3 Å². The van der Waals surface area contributed by atoms with Crippen LogP contribution in [0.25, 0.3) is 5.65 Å². The summed E-state index contributed by atoms with van der Waals surface area (Å²) in [6.07, 6.45) is 4.82. The van der Waals surface area contributed by atoms with Crippen molar-refractivity contribution in [2.75, 3.05) is 18.4 Å². The number of likely N-dealkylation sites (tertiary alicyclic amines) is 1. The first-order valence-corrected chi connectivity index (χ1v) is 8.55. The molecule has 0 atom stereocenters. The lowest BCUT2D eigenvalue weighted by Crippen LogP contribution is -2.27. The summed E-state index contributed by atoms with van der Waals surface area (Å²) in [5.41, 5.74) is 0.673. The van der Waals surface area contributed by atoms with Crippen molar-refractivity contribution in [1.82, 2.24) is 24.7 Å². The second-order valence-corrected chi connectivity index (χ2v) is 6.13. The summed E-state index contributed by atoms with van der Waals surface area (Å²) >= 11 is 0. The first-order valence-electron chi connectivity index (χ1n) is 8.55. The molecule has 0 unspecified atom stereocenters. The van der Waals surface area contributed by atoms with Gasteiger partial charge >= 0.3 is 0 Å². The number of furan rings is 1.